The maximum absolute atomic E-state index is 13.6. The van der Waals surface area contributed by atoms with Crippen molar-refractivity contribution in [1.29, 1.82) is 0 Å². The molecule has 204 valence electrons. The highest BCUT2D eigenvalue weighted by molar-refractivity contribution is 9.10. The van der Waals surface area contributed by atoms with Gasteiger partial charge in [0, 0.05) is 17.9 Å². The van der Waals surface area contributed by atoms with E-state index < -0.39 is 0 Å². The molecule has 0 saturated heterocycles. The van der Waals surface area contributed by atoms with Gasteiger partial charge in [0.1, 0.15) is 5.82 Å². The minimum Gasteiger partial charge on any atom is -0.349 e. The summed E-state index contributed by atoms with van der Waals surface area (Å²) in [4.78, 5) is 25.7. The van der Waals surface area contributed by atoms with Gasteiger partial charge in [0.25, 0.3) is 5.91 Å². The summed E-state index contributed by atoms with van der Waals surface area (Å²) in [5.41, 5.74) is 3.44. The van der Waals surface area contributed by atoms with Crippen molar-refractivity contribution in [3.63, 3.8) is 0 Å². The first kappa shape index (κ1) is 27.7. The predicted octanol–water partition coefficient (Wildman–Crippen LogP) is 5.05. The molecule has 1 aliphatic rings. The number of hydrogen-bond acceptors (Lipinski definition) is 6. The van der Waals surface area contributed by atoms with Gasteiger partial charge in [-0.05, 0) is 41.0 Å². The standard InChI is InChI=1S/C29H26BrFN6O2S/c1-36-26(17-32-27(38)15-19-5-3-2-4-6-19)33-34-29(36)40-18-28(39)37-25(21-9-13-23(31)14-10-21)16-24(35-37)20-7-11-22(30)12-8-20/h2-14,25H,15-18H2,1H3,(H,32,38)/t25-/m0/s1. The zero-order valence-electron chi connectivity index (χ0n) is 21.6. The molecule has 1 atom stereocenters. The molecule has 5 rings (SSSR count). The Hall–Kier alpha value is -3.83. The van der Waals surface area contributed by atoms with Crippen molar-refractivity contribution >= 4 is 45.2 Å². The van der Waals surface area contributed by atoms with Gasteiger partial charge in [-0.1, -0.05) is 82.3 Å². The topological polar surface area (TPSA) is 92.5 Å². The fraction of sp³-hybridized carbons (Fsp3) is 0.207. The van der Waals surface area contributed by atoms with Crippen LogP contribution in [0.1, 0.15) is 35.0 Å². The van der Waals surface area contributed by atoms with Crippen molar-refractivity contribution in [2.75, 3.05) is 5.75 Å². The van der Waals surface area contributed by atoms with Crippen LogP contribution in [0.4, 0.5) is 4.39 Å². The van der Waals surface area contributed by atoms with Gasteiger partial charge in [-0.2, -0.15) is 5.10 Å². The highest BCUT2D eigenvalue weighted by atomic mass is 79.9. The van der Waals surface area contributed by atoms with Crippen LogP contribution in [0.15, 0.2) is 93.6 Å². The van der Waals surface area contributed by atoms with Gasteiger partial charge in [-0.15, -0.1) is 10.2 Å². The summed E-state index contributed by atoms with van der Waals surface area (Å²) in [7, 11) is 1.80. The number of carbonyl (C=O) groups is 2. The number of nitrogens with one attached hydrogen (secondary N) is 1. The predicted molar refractivity (Wildman–Crippen MR) is 155 cm³/mol. The van der Waals surface area contributed by atoms with Gasteiger partial charge in [0.15, 0.2) is 11.0 Å². The lowest BCUT2D eigenvalue weighted by atomic mass is 9.98. The molecular weight excluding hydrogens is 595 g/mol. The van der Waals surface area contributed by atoms with E-state index in [4.69, 9.17) is 0 Å². The molecule has 0 spiro atoms. The molecule has 0 bridgehead atoms. The quantitative estimate of drug-likeness (QED) is 0.265. The number of hydrazone groups is 1. The molecule has 2 heterocycles. The molecule has 1 N–H and O–H groups in total. The Kier molecular flexibility index (Phi) is 8.71. The van der Waals surface area contributed by atoms with Crippen LogP contribution in [0, 0.1) is 5.82 Å². The van der Waals surface area contributed by atoms with Crippen molar-refractivity contribution in [3.05, 3.63) is 112 Å². The largest absolute Gasteiger partial charge is 0.349 e. The highest BCUT2D eigenvalue weighted by Gasteiger charge is 2.33. The molecule has 4 aromatic rings. The van der Waals surface area contributed by atoms with Crippen molar-refractivity contribution < 1.29 is 14.0 Å². The summed E-state index contributed by atoms with van der Waals surface area (Å²) in [6.07, 6.45) is 0.795. The van der Waals surface area contributed by atoms with E-state index >= 15 is 0 Å². The second kappa shape index (κ2) is 12.6. The van der Waals surface area contributed by atoms with E-state index in [2.05, 4.69) is 36.5 Å². The molecule has 40 heavy (non-hydrogen) atoms. The maximum Gasteiger partial charge on any atom is 0.253 e. The zero-order valence-corrected chi connectivity index (χ0v) is 24.0. The first-order valence-corrected chi connectivity index (χ1v) is 14.4. The van der Waals surface area contributed by atoms with Crippen molar-refractivity contribution in [3.8, 4) is 0 Å². The molecule has 0 saturated carbocycles. The fourth-order valence-corrected chi connectivity index (χ4v) is 5.39. The molecule has 0 unspecified atom stereocenters. The second-order valence-corrected chi connectivity index (χ2v) is 11.1. The summed E-state index contributed by atoms with van der Waals surface area (Å²) >= 11 is 4.70. The molecule has 1 aliphatic heterocycles. The van der Waals surface area contributed by atoms with E-state index in [1.165, 1.54) is 28.9 Å². The SMILES string of the molecule is Cn1c(CNC(=O)Cc2ccccc2)nnc1SCC(=O)N1N=C(c2ccc(Br)cc2)C[C@H]1c1ccc(F)cc1. The average molecular weight is 622 g/mol. The maximum atomic E-state index is 13.6. The summed E-state index contributed by atoms with van der Waals surface area (Å²) < 4.78 is 16.3. The molecule has 0 radical (unpaired) electrons. The third-order valence-corrected chi connectivity index (χ3v) is 8.03. The van der Waals surface area contributed by atoms with Gasteiger partial charge in [-0.25, -0.2) is 9.40 Å². The number of hydrogen-bond donors (Lipinski definition) is 1. The number of nitrogens with zero attached hydrogens (tertiary/aromatic N) is 5. The minimum atomic E-state index is -0.345. The lowest BCUT2D eigenvalue weighted by Crippen LogP contribution is -2.28. The average Bonchev–Trinajstić information content (AvgIpc) is 3.56. The van der Waals surface area contributed by atoms with Gasteiger partial charge in [0.2, 0.25) is 5.91 Å². The monoisotopic (exact) mass is 620 g/mol. The lowest BCUT2D eigenvalue weighted by molar-refractivity contribution is -0.130. The number of carbonyl (C=O) groups excluding carboxylic acids is 2. The lowest BCUT2D eigenvalue weighted by Gasteiger charge is -2.22. The molecule has 2 amide bonds. The Labute approximate surface area is 243 Å². The van der Waals surface area contributed by atoms with Gasteiger partial charge >= 0.3 is 0 Å². The summed E-state index contributed by atoms with van der Waals surface area (Å²) in [6, 6.07) is 23.1. The zero-order chi connectivity index (χ0) is 28.1. The third-order valence-electron chi connectivity index (χ3n) is 6.50. The van der Waals surface area contributed by atoms with Crippen molar-refractivity contribution in [2.24, 2.45) is 12.1 Å². The fourth-order valence-electron chi connectivity index (χ4n) is 4.34. The van der Waals surface area contributed by atoms with Crippen molar-refractivity contribution in [1.82, 2.24) is 25.1 Å². The molecule has 8 nitrogen and oxygen atoms in total. The van der Waals surface area contributed by atoms with Crippen LogP contribution in [-0.4, -0.2) is 43.1 Å². The van der Waals surface area contributed by atoms with E-state index in [-0.39, 0.29) is 42.4 Å². The number of benzene rings is 3. The highest BCUT2D eigenvalue weighted by Crippen LogP contribution is 2.34. The molecule has 0 aliphatic carbocycles. The summed E-state index contributed by atoms with van der Waals surface area (Å²) in [5.74, 6) is 0.0168. The van der Waals surface area contributed by atoms with Crippen LogP contribution in [-0.2, 0) is 29.6 Å². The summed E-state index contributed by atoms with van der Waals surface area (Å²) in [6.45, 7) is 0.225. The number of rotatable bonds is 9. The van der Waals surface area contributed by atoms with Crippen LogP contribution < -0.4 is 5.32 Å². The minimum absolute atomic E-state index is 0.0845. The molecule has 11 heteroatoms. The van der Waals surface area contributed by atoms with Gasteiger partial charge in [0.05, 0.1) is 30.5 Å². The Balaban J connectivity index is 1.24. The molecule has 0 fully saturated rings. The van der Waals surface area contributed by atoms with Crippen molar-refractivity contribution in [2.45, 2.75) is 30.6 Å². The van der Waals surface area contributed by atoms with Crippen LogP contribution >= 0.6 is 27.7 Å². The van der Waals surface area contributed by atoms with Crippen LogP contribution in [0.2, 0.25) is 0 Å². The van der Waals surface area contributed by atoms with E-state index in [1.807, 2.05) is 54.6 Å². The van der Waals surface area contributed by atoms with Crippen LogP contribution in [0.5, 0.6) is 0 Å². The molecule has 3 aromatic carbocycles. The molecular formula is C29H26BrFN6O2S. The number of thioether (sulfide) groups is 1. The van der Waals surface area contributed by atoms with E-state index in [1.54, 1.807) is 23.7 Å². The normalized spacial score (nSPS) is 14.7. The van der Waals surface area contributed by atoms with Gasteiger partial charge < -0.3 is 9.88 Å². The number of amides is 2. The summed E-state index contributed by atoms with van der Waals surface area (Å²) in [5, 5.41) is 18.0. The number of halogens is 2. The Bertz CT molecular complexity index is 1530. The van der Waals surface area contributed by atoms with Crippen LogP contribution in [0.3, 0.4) is 0 Å². The molecule has 1 aromatic heterocycles. The van der Waals surface area contributed by atoms with Gasteiger partial charge in [-0.3, -0.25) is 9.59 Å². The smallest absolute Gasteiger partial charge is 0.253 e. The van der Waals surface area contributed by atoms with E-state index in [0.29, 0.717) is 17.4 Å². The third kappa shape index (κ3) is 6.65. The number of aromatic nitrogens is 3. The Morgan fingerprint density at radius 3 is 2.48 bits per heavy atom. The Morgan fingerprint density at radius 2 is 1.75 bits per heavy atom. The first-order chi connectivity index (χ1) is 19.4. The second-order valence-electron chi connectivity index (χ2n) is 9.25. The van der Waals surface area contributed by atoms with Crippen LogP contribution in [0.25, 0.3) is 0 Å². The van der Waals surface area contributed by atoms with E-state index in [0.717, 1.165) is 26.9 Å². The first-order valence-electron chi connectivity index (χ1n) is 12.6. The van der Waals surface area contributed by atoms with E-state index in [9.17, 15) is 14.0 Å². The Morgan fingerprint density at radius 1 is 1.02 bits per heavy atom.